The van der Waals surface area contributed by atoms with Crippen LogP contribution in [-0.4, -0.2) is 5.97 Å². The van der Waals surface area contributed by atoms with E-state index in [0.717, 1.165) is 79.8 Å². The van der Waals surface area contributed by atoms with Crippen LogP contribution in [0.25, 0.3) is 11.1 Å². The molecule has 4 bridgehead atoms. The van der Waals surface area contributed by atoms with Crippen LogP contribution in [0.4, 0.5) is 0 Å². The number of carbonyl (C=O) groups excluding carboxylic acids is 1. The Labute approximate surface area is 211 Å². The van der Waals surface area contributed by atoms with Crippen LogP contribution in [0.2, 0.25) is 0 Å². The summed E-state index contributed by atoms with van der Waals surface area (Å²) in [6.45, 7) is 0. The van der Waals surface area contributed by atoms with Gasteiger partial charge in [-0.1, -0.05) is 12.1 Å². The van der Waals surface area contributed by atoms with Gasteiger partial charge in [-0.2, -0.15) is 0 Å². The Kier molecular flexibility index (Phi) is 5.50. The molecule has 0 aromatic heterocycles. The molecule has 0 heterocycles. The Hall–Kier alpha value is -1.86. The van der Waals surface area contributed by atoms with Gasteiger partial charge in [-0.15, -0.1) is 0 Å². The van der Waals surface area contributed by atoms with Crippen LogP contribution in [0.5, 0.6) is 11.5 Å². The molecule has 0 N–H and O–H groups in total. The zero-order chi connectivity index (χ0) is 23.6. The monoisotopic (exact) mass is 488 g/mol. The highest BCUT2D eigenvalue weighted by atomic mass is 31.0. The average molecular weight is 489 g/mol. The molecule has 35 heavy (non-hydrogen) atoms. The Morgan fingerprint density at radius 1 is 0.714 bits per heavy atom. The molecule has 4 heteroatoms. The number of carbonyl (C=O) groups is 1. The first-order valence-corrected chi connectivity index (χ1v) is 14.5. The topological polar surface area (TPSA) is 35.5 Å². The van der Waals surface area contributed by atoms with Crippen LogP contribution in [0.15, 0.2) is 24.3 Å². The van der Waals surface area contributed by atoms with Crippen molar-refractivity contribution >= 4 is 15.4 Å². The fourth-order valence-electron chi connectivity index (χ4n) is 8.91. The predicted octanol–water partition coefficient (Wildman–Crippen LogP) is 7.40. The maximum absolute atomic E-state index is 14.0. The molecule has 2 aromatic rings. The second-order valence-electron chi connectivity index (χ2n) is 12.3. The van der Waals surface area contributed by atoms with E-state index >= 15 is 0 Å². The van der Waals surface area contributed by atoms with Gasteiger partial charge >= 0.3 is 5.97 Å². The Balaban J connectivity index is 1.35. The van der Waals surface area contributed by atoms with Crippen molar-refractivity contribution < 1.29 is 14.1 Å². The number of benzene rings is 2. The van der Waals surface area contributed by atoms with Crippen LogP contribution >= 0.6 is 9.47 Å². The van der Waals surface area contributed by atoms with Crippen molar-refractivity contribution in [3.8, 4) is 22.6 Å². The van der Waals surface area contributed by atoms with Crippen molar-refractivity contribution in [3.05, 3.63) is 46.5 Å². The van der Waals surface area contributed by atoms with Crippen LogP contribution in [0.3, 0.4) is 0 Å². The summed E-state index contributed by atoms with van der Waals surface area (Å²) in [5.41, 5.74) is 7.72. The van der Waals surface area contributed by atoms with Gasteiger partial charge in [0.05, 0.1) is 14.9 Å². The molecule has 0 amide bonds. The molecule has 0 spiro atoms. The SMILES string of the molecule is O=C(Oc1ccc2c(c1-c1c(OP)ccc3c1CCCC3)CCCC2)C12CC3CC(CC(C3)C1)C2. The summed E-state index contributed by atoms with van der Waals surface area (Å²) >= 11 is 0. The zero-order valence-electron chi connectivity index (χ0n) is 20.7. The first-order chi connectivity index (χ1) is 17.1. The van der Waals surface area contributed by atoms with Crippen molar-refractivity contribution in [1.82, 2.24) is 0 Å². The van der Waals surface area contributed by atoms with E-state index in [-0.39, 0.29) is 11.4 Å². The van der Waals surface area contributed by atoms with E-state index in [1.165, 1.54) is 72.8 Å². The Morgan fingerprint density at radius 2 is 1.20 bits per heavy atom. The molecule has 0 aliphatic heterocycles. The van der Waals surface area contributed by atoms with Gasteiger partial charge in [-0.05, 0) is 142 Å². The van der Waals surface area contributed by atoms with Crippen LogP contribution in [0, 0.1) is 23.2 Å². The molecular weight excluding hydrogens is 451 g/mol. The van der Waals surface area contributed by atoms with E-state index in [2.05, 4.69) is 33.7 Å². The largest absolute Gasteiger partial charge is 0.480 e. The summed E-state index contributed by atoms with van der Waals surface area (Å²) in [6, 6.07) is 8.71. The summed E-state index contributed by atoms with van der Waals surface area (Å²) < 4.78 is 12.4. The summed E-state index contributed by atoms with van der Waals surface area (Å²) in [5.74, 6) is 3.90. The summed E-state index contributed by atoms with van der Waals surface area (Å²) in [5, 5.41) is 0. The van der Waals surface area contributed by atoms with Crippen molar-refractivity contribution in [3.63, 3.8) is 0 Å². The number of aryl methyl sites for hydroxylation is 2. The van der Waals surface area contributed by atoms with Crippen molar-refractivity contribution in [2.75, 3.05) is 0 Å². The van der Waals surface area contributed by atoms with Gasteiger partial charge in [-0.25, -0.2) is 0 Å². The number of ether oxygens (including phenoxy) is 1. The van der Waals surface area contributed by atoms with Gasteiger partial charge in [0.25, 0.3) is 0 Å². The minimum atomic E-state index is -0.252. The predicted molar refractivity (Wildman–Crippen MR) is 142 cm³/mol. The van der Waals surface area contributed by atoms with Gasteiger partial charge in [0, 0.05) is 11.1 Å². The number of hydrogen-bond donors (Lipinski definition) is 0. The normalized spacial score (nSPS) is 30.5. The fraction of sp³-hybridized carbons (Fsp3) is 0.581. The molecule has 8 rings (SSSR count). The highest BCUT2D eigenvalue weighted by Gasteiger charge is 2.55. The van der Waals surface area contributed by atoms with Gasteiger partial charge in [0.1, 0.15) is 11.5 Å². The molecule has 4 fully saturated rings. The van der Waals surface area contributed by atoms with Crippen LogP contribution in [-0.2, 0) is 30.5 Å². The first kappa shape index (κ1) is 22.3. The molecule has 1 atom stereocenters. The summed E-state index contributed by atoms with van der Waals surface area (Å²) in [6.07, 6.45) is 16.4. The lowest BCUT2D eigenvalue weighted by molar-refractivity contribution is -0.161. The van der Waals surface area contributed by atoms with Gasteiger partial charge in [0.2, 0.25) is 0 Å². The minimum absolute atomic E-state index is 0.0479. The lowest BCUT2D eigenvalue weighted by Gasteiger charge is -2.55. The average Bonchev–Trinajstić information content (AvgIpc) is 2.87. The first-order valence-electron chi connectivity index (χ1n) is 14.0. The minimum Gasteiger partial charge on any atom is -0.480 e. The quantitative estimate of drug-likeness (QED) is 0.255. The Bertz CT molecular complexity index is 1150. The maximum Gasteiger partial charge on any atom is 0.317 e. The fourth-order valence-corrected chi connectivity index (χ4v) is 9.11. The number of rotatable bonds is 4. The second-order valence-corrected chi connectivity index (χ2v) is 12.5. The maximum atomic E-state index is 14.0. The highest BCUT2D eigenvalue weighted by Crippen LogP contribution is 2.60. The van der Waals surface area contributed by atoms with E-state index in [1.807, 2.05) is 0 Å². The van der Waals surface area contributed by atoms with Crippen LogP contribution < -0.4 is 9.26 Å². The summed E-state index contributed by atoms with van der Waals surface area (Å²) in [7, 11) is 2.46. The highest BCUT2D eigenvalue weighted by molar-refractivity contribution is 7.10. The standard InChI is InChI=1S/C31H37O3P/c32-30(31-16-19-13-20(17-31)15-21(14-19)18-31)33-26-11-9-22-5-1-3-7-24(22)28(26)29-25-8-4-2-6-23(25)10-12-27(29)34-35/h9-12,19-21H,1-8,13-18,35H2. The molecule has 1 unspecified atom stereocenters. The molecule has 0 radical (unpaired) electrons. The van der Waals surface area contributed by atoms with E-state index in [0.29, 0.717) is 0 Å². The molecular formula is C31H37O3P. The summed E-state index contributed by atoms with van der Waals surface area (Å²) in [4.78, 5) is 14.0. The van der Waals surface area contributed by atoms with Crippen LogP contribution in [0.1, 0.15) is 86.5 Å². The molecule has 2 aromatic carbocycles. The van der Waals surface area contributed by atoms with E-state index in [4.69, 9.17) is 9.26 Å². The lowest BCUT2D eigenvalue weighted by Crippen LogP contribution is -2.51. The third-order valence-corrected chi connectivity index (χ3v) is 10.3. The van der Waals surface area contributed by atoms with Gasteiger partial charge in [-0.3, -0.25) is 4.79 Å². The van der Waals surface area contributed by atoms with Crippen molar-refractivity contribution in [1.29, 1.82) is 0 Å². The lowest BCUT2D eigenvalue weighted by atomic mass is 9.49. The zero-order valence-corrected chi connectivity index (χ0v) is 21.9. The molecule has 6 aliphatic rings. The second kappa shape index (κ2) is 8.62. The van der Waals surface area contributed by atoms with E-state index in [1.54, 1.807) is 0 Å². The Morgan fingerprint density at radius 3 is 1.74 bits per heavy atom. The van der Waals surface area contributed by atoms with E-state index < -0.39 is 0 Å². The molecule has 184 valence electrons. The number of esters is 1. The van der Waals surface area contributed by atoms with Gasteiger partial charge < -0.3 is 9.26 Å². The van der Waals surface area contributed by atoms with Crippen molar-refractivity contribution in [2.45, 2.75) is 89.9 Å². The number of fused-ring (bicyclic) bond motifs is 2. The third-order valence-electron chi connectivity index (χ3n) is 10.0. The van der Waals surface area contributed by atoms with Crippen molar-refractivity contribution in [2.24, 2.45) is 23.2 Å². The molecule has 3 nitrogen and oxygen atoms in total. The molecule has 0 saturated heterocycles. The number of hydrogen-bond acceptors (Lipinski definition) is 3. The smallest absolute Gasteiger partial charge is 0.317 e. The molecule has 6 aliphatic carbocycles. The third kappa shape index (κ3) is 3.67. The molecule has 4 saturated carbocycles. The van der Waals surface area contributed by atoms with Gasteiger partial charge in [0.15, 0.2) is 0 Å². The van der Waals surface area contributed by atoms with E-state index in [9.17, 15) is 4.79 Å².